The van der Waals surface area contributed by atoms with Crippen molar-refractivity contribution in [1.29, 1.82) is 0 Å². The van der Waals surface area contributed by atoms with Crippen LogP contribution in [0.5, 0.6) is 5.75 Å². The number of hydrogen-bond donors (Lipinski definition) is 1. The fraction of sp³-hybridized carbons (Fsp3) is 0.500. The van der Waals surface area contributed by atoms with Gasteiger partial charge in [-0.3, -0.25) is 9.67 Å². The smallest absolute Gasteiger partial charge is 0.195 e. The molecule has 0 saturated heterocycles. The Hall–Kier alpha value is -1.14. The van der Waals surface area contributed by atoms with E-state index in [1.54, 1.807) is 0 Å². The number of rotatable bonds is 4. The Morgan fingerprint density at radius 1 is 1.27 bits per heavy atom. The maximum atomic E-state index is 6.03. The third-order valence-corrected chi connectivity index (χ3v) is 4.98. The lowest BCUT2D eigenvalue weighted by atomic mass is 9.95. The standard InChI is InChI=1S/C16H20BrN3OS/c1-11(21-14-9-7-12(17)8-10-14)15-18-19-16(22)20(15)13-5-3-2-4-6-13/h7-11,13H,2-6H2,1H3,(H,19,22). The van der Waals surface area contributed by atoms with E-state index in [1.165, 1.54) is 32.1 Å². The van der Waals surface area contributed by atoms with Gasteiger partial charge in [0.2, 0.25) is 0 Å². The average molecular weight is 382 g/mol. The molecule has 0 bridgehead atoms. The van der Waals surface area contributed by atoms with Gasteiger partial charge in [-0.15, -0.1) is 0 Å². The van der Waals surface area contributed by atoms with E-state index in [-0.39, 0.29) is 6.10 Å². The Kier molecular flexibility index (Phi) is 4.98. The highest BCUT2D eigenvalue weighted by atomic mass is 79.9. The maximum Gasteiger partial charge on any atom is 0.195 e. The summed E-state index contributed by atoms with van der Waals surface area (Å²) in [7, 11) is 0. The third kappa shape index (κ3) is 3.43. The van der Waals surface area contributed by atoms with Gasteiger partial charge in [-0.1, -0.05) is 35.2 Å². The van der Waals surface area contributed by atoms with Crippen LogP contribution in [0.25, 0.3) is 0 Å². The van der Waals surface area contributed by atoms with Gasteiger partial charge in [0, 0.05) is 10.5 Å². The molecule has 6 heteroatoms. The van der Waals surface area contributed by atoms with Gasteiger partial charge in [-0.2, -0.15) is 5.10 Å². The number of nitrogens with zero attached hydrogens (tertiary/aromatic N) is 2. The highest BCUT2D eigenvalue weighted by Crippen LogP contribution is 2.31. The van der Waals surface area contributed by atoms with Crippen LogP contribution in [0.1, 0.15) is 57.0 Å². The summed E-state index contributed by atoms with van der Waals surface area (Å²) in [5, 5.41) is 7.35. The first-order valence-electron chi connectivity index (χ1n) is 7.74. The molecule has 1 aliphatic carbocycles. The Balaban J connectivity index is 1.81. The Morgan fingerprint density at radius 2 is 1.95 bits per heavy atom. The molecule has 1 saturated carbocycles. The zero-order chi connectivity index (χ0) is 15.5. The first-order chi connectivity index (χ1) is 10.6. The molecular formula is C16H20BrN3OS. The number of aromatic amines is 1. The predicted octanol–water partition coefficient (Wildman–Crippen LogP) is 5.35. The van der Waals surface area contributed by atoms with Gasteiger partial charge in [0.1, 0.15) is 5.75 Å². The summed E-state index contributed by atoms with van der Waals surface area (Å²) in [6.07, 6.45) is 6.05. The predicted molar refractivity (Wildman–Crippen MR) is 92.7 cm³/mol. The number of ether oxygens (including phenoxy) is 1. The van der Waals surface area contributed by atoms with Crippen LogP contribution in [-0.2, 0) is 0 Å². The van der Waals surface area contributed by atoms with Crippen LogP contribution in [-0.4, -0.2) is 14.8 Å². The van der Waals surface area contributed by atoms with Crippen LogP contribution in [0.4, 0.5) is 0 Å². The molecule has 1 unspecified atom stereocenters. The molecule has 118 valence electrons. The van der Waals surface area contributed by atoms with Crippen molar-refractivity contribution >= 4 is 28.1 Å². The molecule has 0 amide bonds. The van der Waals surface area contributed by atoms with Crippen molar-refractivity contribution in [2.75, 3.05) is 0 Å². The molecule has 22 heavy (non-hydrogen) atoms. The van der Waals surface area contributed by atoms with E-state index in [0.29, 0.717) is 10.8 Å². The summed E-state index contributed by atoms with van der Waals surface area (Å²) < 4.78 is 9.94. The van der Waals surface area contributed by atoms with Crippen molar-refractivity contribution in [1.82, 2.24) is 14.8 Å². The zero-order valence-corrected chi connectivity index (χ0v) is 15.0. The average Bonchev–Trinajstić information content (AvgIpc) is 2.92. The maximum absolute atomic E-state index is 6.03. The molecule has 0 aliphatic heterocycles. The minimum absolute atomic E-state index is 0.143. The first-order valence-corrected chi connectivity index (χ1v) is 8.94. The van der Waals surface area contributed by atoms with E-state index in [1.807, 2.05) is 31.2 Å². The number of nitrogens with one attached hydrogen (secondary N) is 1. The van der Waals surface area contributed by atoms with Crippen molar-refractivity contribution in [2.45, 2.75) is 51.2 Å². The van der Waals surface area contributed by atoms with Crippen molar-refractivity contribution in [3.63, 3.8) is 0 Å². The lowest BCUT2D eigenvalue weighted by molar-refractivity contribution is 0.202. The minimum atomic E-state index is -0.143. The summed E-state index contributed by atoms with van der Waals surface area (Å²) >= 11 is 8.87. The van der Waals surface area contributed by atoms with E-state index in [4.69, 9.17) is 17.0 Å². The van der Waals surface area contributed by atoms with E-state index in [2.05, 4.69) is 30.7 Å². The van der Waals surface area contributed by atoms with Crippen LogP contribution in [0, 0.1) is 4.77 Å². The molecule has 1 fully saturated rings. The SMILES string of the molecule is CC(Oc1ccc(Br)cc1)c1n[nH]c(=S)n1C1CCCCC1. The van der Waals surface area contributed by atoms with Crippen molar-refractivity contribution < 1.29 is 4.74 Å². The highest BCUT2D eigenvalue weighted by Gasteiger charge is 2.23. The molecule has 1 aliphatic rings. The molecule has 1 heterocycles. The van der Waals surface area contributed by atoms with Crippen LogP contribution < -0.4 is 4.74 Å². The van der Waals surface area contributed by atoms with Gasteiger partial charge in [0.15, 0.2) is 16.7 Å². The minimum Gasteiger partial charge on any atom is -0.483 e. The van der Waals surface area contributed by atoms with E-state index in [0.717, 1.165) is 16.0 Å². The molecule has 4 nitrogen and oxygen atoms in total. The number of halogens is 1. The second-order valence-electron chi connectivity index (χ2n) is 5.76. The molecule has 0 radical (unpaired) electrons. The van der Waals surface area contributed by atoms with Gasteiger partial charge in [-0.25, -0.2) is 0 Å². The van der Waals surface area contributed by atoms with Crippen LogP contribution in [0.2, 0.25) is 0 Å². The largest absolute Gasteiger partial charge is 0.483 e. The molecule has 1 aromatic carbocycles. The lowest BCUT2D eigenvalue weighted by Gasteiger charge is -2.25. The molecule has 2 aromatic rings. The molecule has 1 aromatic heterocycles. The van der Waals surface area contributed by atoms with Crippen LogP contribution in [0.3, 0.4) is 0 Å². The van der Waals surface area contributed by atoms with Gasteiger partial charge in [-0.05, 0) is 56.2 Å². The van der Waals surface area contributed by atoms with Gasteiger partial charge in [0.05, 0.1) is 0 Å². The van der Waals surface area contributed by atoms with Gasteiger partial charge < -0.3 is 4.74 Å². The summed E-state index contributed by atoms with van der Waals surface area (Å²) in [5.74, 6) is 1.72. The zero-order valence-electron chi connectivity index (χ0n) is 12.6. The Bertz CT molecular complexity index is 673. The van der Waals surface area contributed by atoms with Crippen LogP contribution in [0.15, 0.2) is 28.7 Å². The number of aromatic nitrogens is 3. The lowest BCUT2D eigenvalue weighted by Crippen LogP contribution is -2.19. The third-order valence-electron chi connectivity index (χ3n) is 4.16. The molecule has 0 spiro atoms. The molecule has 3 rings (SSSR count). The van der Waals surface area contributed by atoms with Crippen molar-refractivity contribution in [3.8, 4) is 5.75 Å². The van der Waals surface area contributed by atoms with E-state index >= 15 is 0 Å². The quantitative estimate of drug-likeness (QED) is 0.725. The summed E-state index contributed by atoms with van der Waals surface area (Å²) in [4.78, 5) is 0. The van der Waals surface area contributed by atoms with Gasteiger partial charge in [0.25, 0.3) is 0 Å². The number of benzene rings is 1. The van der Waals surface area contributed by atoms with E-state index < -0.39 is 0 Å². The topological polar surface area (TPSA) is 42.8 Å². The van der Waals surface area contributed by atoms with Gasteiger partial charge >= 0.3 is 0 Å². The Morgan fingerprint density at radius 3 is 2.64 bits per heavy atom. The van der Waals surface area contributed by atoms with Crippen molar-refractivity contribution in [2.24, 2.45) is 0 Å². The monoisotopic (exact) mass is 381 g/mol. The first kappa shape index (κ1) is 15.7. The van der Waals surface area contributed by atoms with Crippen LogP contribution >= 0.6 is 28.1 Å². The van der Waals surface area contributed by atoms with Crippen molar-refractivity contribution in [3.05, 3.63) is 39.3 Å². The fourth-order valence-corrected chi connectivity index (χ4v) is 3.62. The fourth-order valence-electron chi connectivity index (χ4n) is 3.07. The molecule has 1 N–H and O–H groups in total. The number of hydrogen-bond acceptors (Lipinski definition) is 3. The van der Waals surface area contributed by atoms with E-state index in [9.17, 15) is 0 Å². The molecule has 1 atom stereocenters. The Labute approximate surface area is 144 Å². The second kappa shape index (κ2) is 6.96. The molecular weight excluding hydrogens is 362 g/mol. The summed E-state index contributed by atoms with van der Waals surface area (Å²) in [5.41, 5.74) is 0. The number of H-pyrrole nitrogens is 1. The summed E-state index contributed by atoms with van der Waals surface area (Å²) in [6, 6.07) is 8.30. The highest BCUT2D eigenvalue weighted by molar-refractivity contribution is 9.10. The normalized spacial score (nSPS) is 17.4. The second-order valence-corrected chi connectivity index (χ2v) is 7.07. The summed E-state index contributed by atoms with van der Waals surface area (Å²) in [6.45, 7) is 2.02.